The molecule has 0 aliphatic rings. The zero-order valence-corrected chi connectivity index (χ0v) is 20.8. The first-order valence-corrected chi connectivity index (χ1v) is 9.56. The van der Waals surface area contributed by atoms with Gasteiger partial charge >= 0.3 is 42.6 Å². The van der Waals surface area contributed by atoms with Crippen LogP contribution in [0.3, 0.4) is 0 Å². The molecule has 0 amide bonds. The van der Waals surface area contributed by atoms with Crippen LogP contribution in [0.1, 0.15) is 34.1 Å². The number of alkyl halides is 22. The molecule has 0 rings (SSSR count). The van der Waals surface area contributed by atoms with Crippen molar-refractivity contribution in [2.75, 3.05) is 21.0 Å². The molecule has 3 unspecified atom stereocenters. The predicted octanol–water partition coefficient (Wildman–Crippen LogP) is 10.4. The maximum atomic E-state index is 13.1. The molecule has 0 radical (unpaired) electrons. The van der Waals surface area contributed by atoms with Gasteiger partial charge in [-0.25, -0.2) is 17.6 Å². The third kappa shape index (κ3) is 19.5. The highest BCUT2D eigenvalue weighted by Gasteiger charge is 2.82. The van der Waals surface area contributed by atoms with Crippen molar-refractivity contribution in [1.29, 1.82) is 0 Å². The fourth-order valence-corrected chi connectivity index (χ4v) is 1.29. The molecule has 1 nitrogen and oxygen atoms in total. The largest absolute Gasteiger partial charge is 0.434 e. The molecule has 0 aliphatic heterocycles. The molecule has 0 heterocycles. The van der Waals surface area contributed by atoms with Crippen LogP contribution in [0.5, 0.6) is 0 Å². The summed E-state index contributed by atoms with van der Waals surface area (Å²) in [6.07, 6.45) is -49.8. The van der Waals surface area contributed by atoms with Gasteiger partial charge in [0.1, 0.15) is 0 Å². The summed E-state index contributed by atoms with van der Waals surface area (Å²) >= 11 is 0. The van der Waals surface area contributed by atoms with Gasteiger partial charge in [0.25, 0.3) is 0 Å². The van der Waals surface area contributed by atoms with Crippen molar-refractivity contribution >= 4 is 0 Å². The predicted molar refractivity (Wildman–Crippen MR) is 96.2 cm³/mol. The minimum Gasteiger partial charge on any atom is -0.255 e. The lowest BCUT2D eigenvalue weighted by atomic mass is 9.97. The lowest BCUT2D eigenvalue weighted by molar-refractivity contribution is -0.464. The second-order valence-electron chi connectivity index (χ2n) is 5.33. The molecule has 0 fully saturated rings. The molecule has 0 aromatic rings. The van der Waals surface area contributed by atoms with E-state index in [2.05, 4.69) is 0 Å². The van der Waals surface area contributed by atoms with E-state index in [1.807, 2.05) is 27.7 Å². The Labute approximate surface area is 212 Å². The molecule has 252 valence electrons. The van der Waals surface area contributed by atoms with Crippen LogP contribution in [0, 0.1) is 0 Å². The van der Waals surface area contributed by atoms with Crippen LogP contribution in [0.2, 0.25) is 0 Å². The second kappa shape index (κ2) is 20.3. The van der Waals surface area contributed by atoms with Crippen molar-refractivity contribution in [3.63, 3.8) is 0 Å². The number of hydrogen-bond acceptors (Lipinski definition) is 1. The molecule has 0 saturated carbocycles. The van der Waals surface area contributed by atoms with Gasteiger partial charge in [0, 0.05) is 0 Å². The quantitative estimate of drug-likeness (QED) is 0.257. The first-order valence-electron chi connectivity index (χ1n) is 9.56. The first-order chi connectivity index (χ1) is 17.6. The summed E-state index contributed by atoms with van der Waals surface area (Å²) < 4.78 is 257. The molecule has 0 bridgehead atoms. The van der Waals surface area contributed by atoms with Crippen molar-refractivity contribution in [3.8, 4) is 0 Å². The smallest absolute Gasteiger partial charge is 0.255 e. The van der Waals surface area contributed by atoms with Crippen LogP contribution >= 0.6 is 0 Å². The molecule has 0 spiro atoms. The van der Waals surface area contributed by atoms with Crippen LogP contribution in [-0.4, -0.2) is 76.0 Å². The Morgan fingerprint density at radius 1 is 0.550 bits per heavy atom. The Balaban J connectivity index is -0.000000128. The molecular formula is C17H24F22O. The van der Waals surface area contributed by atoms with E-state index < -0.39 is 68.0 Å². The highest BCUT2D eigenvalue weighted by molar-refractivity contribution is 5.04. The number of hydrogen-bond donors (Lipinski definition) is 0. The minimum atomic E-state index is -7.31. The monoisotopic (exact) mass is 662 g/mol. The average molecular weight is 662 g/mol. The van der Waals surface area contributed by atoms with Gasteiger partial charge in [0.05, 0.1) is 20.8 Å². The van der Waals surface area contributed by atoms with E-state index in [-0.39, 0.29) is 0 Å². The third-order valence-electron chi connectivity index (χ3n) is 2.67. The lowest BCUT2D eigenvalue weighted by Crippen LogP contribution is -2.67. The van der Waals surface area contributed by atoms with Gasteiger partial charge in [-0.2, -0.15) is 70.2 Å². The van der Waals surface area contributed by atoms with Crippen molar-refractivity contribution in [2.45, 2.75) is 89.1 Å². The van der Waals surface area contributed by atoms with Gasteiger partial charge in [-0.1, -0.05) is 27.7 Å². The summed E-state index contributed by atoms with van der Waals surface area (Å²) in [5, 5.41) is 0. The van der Waals surface area contributed by atoms with Crippen LogP contribution in [0.15, 0.2) is 0 Å². The van der Waals surface area contributed by atoms with E-state index in [0.29, 0.717) is 14.4 Å². The molecule has 3 atom stereocenters. The molecule has 23 heteroatoms. The third-order valence-corrected chi connectivity index (χ3v) is 2.67. The van der Waals surface area contributed by atoms with Gasteiger partial charge in [-0.3, -0.25) is 13.5 Å². The molecular weight excluding hydrogens is 638 g/mol. The molecule has 40 heavy (non-hydrogen) atoms. The summed E-state index contributed by atoms with van der Waals surface area (Å²) in [4.78, 5) is 0. The van der Waals surface area contributed by atoms with Crippen molar-refractivity contribution in [3.05, 3.63) is 0 Å². The summed E-state index contributed by atoms with van der Waals surface area (Å²) in [6, 6.07) is 0. The van der Waals surface area contributed by atoms with E-state index >= 15 is 0 Å². The maximum absolute atomic E-state index is 13.1. The highest BCUT2D eigenvalue weighted by atomic mass is 19.4. The van der Waals surface area contributed by atoms with Crippen molar-refractivity contribution in [2.24, 2.45) is 0 Å². The Morgan fingerprint density at radius 3 is 1.00 bits per heavy atom. The van der Waals surface area contributed by atoms with E-state index in [4.69, 9.17) is 0 Å². The number of halogens is 22. The summed E-state index contributed by atoms with van der Waals surface area (Å²) in [5.74, 6) is 0. The second-order valence-corrected chi connectivity index (χ2v) is 5.33. The van der Waals surface area contributed by atoms with E-state index in [1.54, 1.807) is 4.74 Å². The van der Waals surface area contributed by atoms with Crippen molar-refractivity contribution < 1.29 is 101 Å². The van der Waals surface area contributed by atoms with E-state index in [0.717, 1.165) is 0 Å². The van der Waals surface area contributed by atoms with Gasteiger partial charge in [-0.05, 0) is 0 Å². The number of rotatable bonds is 6. The molecule has 0 aliphatic carbocycles. The Morgan fingerprint density at radius 2 is 0.850 bits per heavy atom. The minimum absolute atomic E-state index is 0.500. The van der Waals surface area contributed by atoms with Gasteiger partial charge in [0.2, 0.25) is 12.3 Å². The average Bonchev–Trinajstić information content (AvgIpc) is 2.80. The topological polar surface area (TPSA) is 9.23 Å². The lowest BCUT2D eigenvalue weighted by Gasteiger charge is -2.37. The first kappa shape index (κ1) is 51.2. The fraction of sp³-hybridized carbons (Fsp3) is 1.00. The zero-order valence-electron chi connectivity index (χ0n) is 20.8. The highest BCUT2D eigenvalue weighted by Crippen LogP contribution is 2.54. The van der Waals surface area contributed by atoms with E-state index in [1.165, 1.54) is 0 Å². The van der Waals surface area contributed by atoms with Crippen molar-refractivity contribution in [1.82, 2.24) is 0 Å². The summed E-state index contributed by atoms with van der Waals surface area (Å²) in [7, 11) is 1.00. The molecule has 0 saturated heterocycles. The van der Waals surface area contributed by atoms with Crippen LogP contribution in [0.4, 0.5) is 96.6 Å². The molecule has 0 N–H and O–H groups in total. The fourth-order valence-electron chi connectivity index (χ4n) is 1.29. The van der Waals surface area contributed by atoms with Gasteiger partial charge in [-0.15, -0.1) is 0 Å². The van der Waals surface area contributed by atoms with Crippen LogP contribution in [-0.2, 0) is 4.74 Å². The molecule has 0 aromatic heterocycles. The summed E-state index contributed by atoms with van der Waals surface area (Å²) in [5.41, 5.74) is -7.21. The Hall–Kier alpha value is -1.58. The summed E-state index contributed by atoms with van der Waals surface area (Å²) in [6.45, 7) is 4.78. The SMILES string of the molecule is CC.CC.CF.CF.FC(CC(F)(F)F)C(F)(F)F.FCC(F)(F)OC(F)(F)C(F)(C(F)C(F)(F)F)C(F)(F)F. The maximum Gasteiger partial charge on any atom is 0.434 e. The molecule has 0 aromatic carbocycles. The van der Waals surface area contributed by atoms with E-state index in [9.17, 15) is 96.6 Å². The Kier molecular flexibility index (Phi) is 26.0. The van der Waals surface area contributed by atoms with Gasteiger partial charge < -0.3 is 0 Å². The normalized spacial score (nSPS) is 15.3. The zero-order chi connectivity index (χ0) is 34.8. The standard InChI is InChI=1S/C7H3F13O.C4H3F7.2C2H6.2CH3F/c8-1-3(10,11)21-7(19,20)4(12,6(16,17)18)2(9)5(13,14)15;5-2(4(9,10)11)1-3(6,7)8;4*1-2/h2H,1H2;2H,1H2;2*1-2H3;2*1H3. The van der Waals surface area contributed by atoms with Gasteiger partial charge in [0.15, 0.2) is 6.67 Å². The van der Waals surface area contributed by atoms with Crippen LogP contribution in [0.25, 0.3) is 0 Å². The Bertz CT molecular complexity index is 578. The van der Waals surface area contributed by atoms with Crippen LogP contribution < -0.4 is 0 Å². The number of ether oxygens (including phenoxy) is 1.